The second-order valence-corrected chi connectivity index (χ2v) is 7.59. The van der Waals surface area contributed by atoms with E-state index in [1.54, 1.807) is 4.80 Å². The first-order valence-corrected chi connectivity index (χ1v) is 9.95. The molecule has 4 rings (SSSR count). The van der Waals surface area contributed by atoms with E-state index in [-0.39, 0.29) is 12.5 Å². The Balaban J connectivity index is 1.44. The molecule has 1 N–H and O–H groups in total. The number of benzene rings is 3. The van der Waals surface area contributed by atoms with E-state index in [0.29, 0.717) is 22.9 Å². The lowest BCUT2D eigenvalue weighted by atomic mass is 10.0. The number of carbonyl (C=O) groups is 1. The number of hydrogen-bond acceptors (Lipinski definition) is 4. The molecule has 0 spiro atoms. The van der Waals surface area contributed by atoms with Crippen molar-refractivity contribution in [3.8, 4) is 11.4 Å². The Morgan fingerprint density at radius 1 is 0.967 bits per heavy atom. The van der Waals surface area contributed by atoms with E-state index in [9.17, 15) is 4.79 Å². The van der Waals surface area contributed by atoms with Crippen LogP contribution in [0.5, 0.6) is 5.75 Å². The summed E-state index contributed by atoms with van der Waals surface area (Å²) in [5.41, 5.74) is 5.43. The number of nitrogens with one attached hydrogen (secondary N) is 1. The third kappa shape index (κ3) is 4.49. The van der Waals surface area contributed by atoms with Crippen molar-refractivity contribution in [1.29, 1.82) is 0 Å². The SMILES string of the molecule is Cc1ccc(OCC(=O)Nc2ccc3nn(-c4ccc(C(C)C)cc4)nc3c2)cc1. The Morgan fingerprint density at radius 3 is 2.37 bits per heavy atom. The number of ether oxygens (including phenoxy) is 1. The van der Waals surface area contributed by atoms with Crippen LogP contribution in [0.15, 0.2) is 66.7 Å². The number of anilines is 1. The van der Waals surface area contributed by atoms with Crippen LogP contribution in [0.2, 0.25) is 0 Å². The molecule has 4 aromatic rings. The topological polar surface area (TPSA) is 69.0 Å². The van der Waals surface area contributed by atoms with Crippen LogP contribution in [0.1, 0.15) is 30.9 Å². The van der Waals surface area contributed by atoms with Crippen LogP contribution in [-0.2, 0) is 4.79 Å². The molecule has 0 saturated heterocycles. The molecule has 0 bridgehead atoms. The monoisotopic (exact) mass is 400 g/mol. The first kappa shape index (κ1) is 19.6. The van der Waals surface area contributed by atoms with Crippen molar-refractivity contribution in [2.45, 2.75) is 26.7 Å². The zero-order valence-electron chi connectivity index (χ0n) is 17.3. The van der Waals surface area contributed by atoms with Gasteiger partial charge < -0.3 is 10.1 Å². The third-order valence-electron chi connectivity index (χ3n) is 4.85. The molecule has 0 aliphatic heterocycles. The molecule has 0 fully saturated rings. The summed E-state index contributed by atoms with van der Waals surface area (Å²) in [4.78, 5) is 13.8. The highest BCUT2D eigenvalue weighted by Crippen LogP contribution is 2.20. The molecule has 1 amide bonds. The summed E-state index contributed by atoms with van der Waals surface area (Å²) in [6.07, 6.45) is 0. The summed E-state index contributed by atoms with van der Waals surface area (Å²) >= 11 is 0. The van der Waals surface area contributed by atoms with Gasteiger partial charge >= 0.3 is 0 Å². The molecule has 152 valence electrons. The molecular weight excluding hydrogens is 376 g/mol. The van der Waals surface area contributed by atoms with Crippen LogP contribution in [0, 0.1) is 6.92 Å². The summed E-state index contributed by atoms with van der Waals surface area (Å²) in [5.74, 6) is 0.911. The minimum Gasteiger partial charge on any atom is -0.484 e. The van der Waals surface area contributed by atoms with Crippen molar-refractivity contribution in [1.82, 2.24) is 15.0 Å². The molecule has 1 heterocycles. The van der Waals surface area contributed by atoms with Gasteiger partial charge in [-0.15, -0.1) is 10.2 Å². The highest BCUT2D eigenvalue weighted by molar-refractivity contribution is 5.93. The molecule has 6 heteroatoms. The first-order valence-electron chi connectivity index (χ1n) is 9.95. The molecular formula is C24H24N4O2. The average molecular weight is 400 g/mol. The largest absolute Gasteiger partial charge is 0.484 e. The number of hydrogen-bond donors (Lipinski definition) is 1. The standard InChI is InChI=1S/C24H24N4O2/c1-16(2)18-6-9-20(10-7-18)28-26-22-13-8-19(14-23(22)27-28)25-24(29)15-30-21-11-4-17(3)5-12-21/h4-14,16H,15H2,1-3H3,(H,25,29). The second kappa shape index (κ2) is 8.37. The summed E-state index contributed by atoms with van der Waals surface area (Å²) in [6, 6.07) is 21.3. The highest BCUT2D eigenvalue weighted by Gasteiger charge is 2.09. The fraction of sp³-hybridized carbons (Fsp3) is 0.208. The zero-order chi connectivity index (χ0) is 21.1. The number of aryl methyl sites for hydroxylation is 1. The van der Waals surface area contributed by atoms with Crippen LogP contribution in [0.4, 0.5) is 5.69 Å². The Labute approximate surface area is 175 Å². The quantitative estimate of drug-likeness (QED) is 0.501. The lowest BCUT2D eigenvalue weighted by molar-refractivity contribution is -0.118. The van der Waals surface area contributed by atoms with E-state index in [0.717, 1.165) is 16.8 Å². The minimum atomic E-state index is -0.230. The minimum absolute atomic E-state index is 0.0595. The van der Waals surface area contributed by atoms with Crippen molar-refractivity contribution < 1.29 is 9.53 Å². The van der Waals surface area contributed by atoms with E-state index in [1.807, 2.05) is 61.5 Å². The van der Waals surface area contributed by atoms with Gasteiger partial charge in [0, 0.05) is 5.69 Å². The molecule has 1 aromatic heterocycles. The average Bonchev–Trinajstić information content (AvgIpc) is 3.17. The third-order valence-corrected chi connectivity index (χ3v) is 4.85. The maximum absolute atomic E-state index is 12.2. The van der Waals surface area contributed by atoms with Gasteiger partial charge in [-0.3, -0.25) is 4.79 Å². The smallest absolute Gasteiger partial charge is 0.262 e. The first-order chi connectivity index (χ1) is 14.5. The van der Waals surface area contributed by atoms with E-state index >= 15 is 0 Å². The van der Waals surface area contributed by atoms with Gasteiger partial charge in [0.25, 0.3) is 5.91 Å². The fourth-order valence-electron chi connectivity index (χ4n) is 3.08. The van der Waals surface area contributed by atoms with Gasteiger partial charge in [0.15, 0.2) is 6.61 Å². The Bertz CT molecular complexity index is 1160. The Hall–Kier alpha value is -3.67. The molecule has 30 heavy (non-hydrogen) atoms. The molecule has 6 nitrogen and oxygen atoms in total. The molecule has 0 aliphatic carbocycles. The Kier molecular flexibility index (Phi) is 5.48. The van der Waals surface area contributed by atoms with Gasteiger partial charge in [0.2, 0.25) is 0 Å². The van der Waals surface area contributed by atoms with Gasteiger partial charge in [0.05, 0.1) is 5.69 Å². The van der Waals surface area contributed by atoms with E-state index < -0.39 is 0 Å². The molecule has 0 saturated carbocycles. The van der Waals surface area contributed by atoms with Crippen LogP contribution in [0.25, 0.3) is 16.7 Å². The summed E-state index contributed by atoms with van der Waals surface area (Å²) in [5, 5.41) is 11.9. The van der Waals surface area contributed by atoms with Gasteiger partial charge in [0.1, 0.15) is 16.8 Å². The Morgan fingerprint density at radius 2 is 1.67 bits per heavy atom. The second-order valence-electron chi connectivity index (χ2n) is 7.59. The lowest BCUT2D eigenvalue weighted by Crippen LogP contribution is -2.20. The molecule has 3 aromatic carbocycles. The van der Waals surface area contributed by atoms with E-state index in [1.165, 1.54) is 5.56 Å². The van der Waals surface area contributed by atoms with Crippen molar-refractivity contribution in [2.24, 2.45) is 0 Å². The summed E-state index contributed by atoms with van der Waals surface area (Å²) < 4.78 is 5.53. The van der Waals surface area contributed by atoms with Crippen molar-refractivity contribution in [3.05, 3.63) is 77.9 Å². The van der Waals surface area contributed by atoms with Gasteiger partial charge in [-0.25, -0.2) is 0 Å². The normalized spacial score (nSPS) is 11.1. The van der Waals surface area contributed by atoms with E-state index in [4.69, 9.17) is 4.74 Å². The predicted molar refractivity (Wildman–Crippen MR) is 118 cm³/mol. The van der Waals surface area contributed by atoms with Crippen LogP contribution in [0.3, 0.4) is 0 Å². The van der Waals surface area contributed by atoms with Crippen molar-refractivity contribution in [3.63, 3.8) is 0 Å². The summed E-state index contributed by atoms with van der Waals surface area (Å²) in [6.45, 7) is 6.27. The summed E-state index contributed by atoms with van der Waals surface area (Å²) in [7, 11) is 0. The fourth-order valence-corrected chi connectivity index (χ4v) is 3.08. The number of fused-ring (bicyclic) bond motifs is 1. The molecule has 0 aliphatic rings. The molecule has 0 unspecified atom stereocenters. The molecule has 0 radical (unpaired) electrons. The highest BCUT2D eigenvalue weighted by atomic mass is 16.5. The van der Waals surface area contributed by atoms with Crippen LogP contribution < -0.4 is 10.1 Å². The van der Waals surface area contributed by atoms with E-state index in [2.05, 4.69) is 41.5 Å². The predicted octanol–water partition coefficient (Wildman–Crippen LogP) is 4.87. The van der Waals surface area contributed by atoms with Crippen molar-refractivity contribution >= 4 is 22.6 Å². The number of nitrogens with zero attached hydrogens (tertiary/aromatic N) is 3. The number of amides is 1. The van der Waals surface area contributed by atoms with Crippen LogP contribution in [-0.4, -0.2) is 27.5 Å². The number of rotatable bonds is 6. The number of carbonyl (C=O) groups excluding carboxylic acids is 1. The maximum atomic E-state index is 12.2. The van der Waals surface area contributed by atoms with Crippen molar-refractivity contribution in [2.75, 3.05) is 11.9 Å². The van der Waals surface area contributed by atoms with Gasteiger partial charge in [-0.05, 0) is 60.9 Å². The van der Waals surface area contributed by atoms with Gasteiger partial charge in [-0.1, -0.05) is 43.7 Å². The van der Waals surface area contributed by atoms with Crippen LogP contribution >= 0.6 is 0 Å². The number of aromatic nitrogens is 3. The zero-order valence-corrected chi connectivity index (χ0v) is 17.3. The maximum Gasteiger partial charge on any atom is 0.262 e. The van der Waals surface area contributed by atoms with Gasteiger partial charge in [-0.2, -0.15) is 4.80 Å². The molecule has 0 atom stereocenters. The lowest BCUT2D eigenvalue weighted by Gasteiger charge is -2.07.